The van der Waals surface area contributed by atoms with Crippen LogP contribution in [0.15, 0.2) is 0 Å². The van der Waals surface area contributed by atoms with E-state index in [1.165, 1.54) is 0 Å². The van der Waals surface area contributed by atoms with Crippen molar-refractivity contribution in [2.75, 3.05) is 18.8 Å². The van der Waals surface area contributed by atoms with Gasteiger partial charge < -0.3 is 5.73 Å². The van der Waals surface area contributed by atoms with Crippen LogP contribution in [0.1, 0.15) is 26.2 Å². The summed E-state index contributed by atoms with van der Waals surface area (Å²) in [5.41, 5.74) is 5.29. The molecule has 1 atom stereocenters. The summed E-state index contributed by atoms with van der Waals surface area (Å²) in [6, 6.07) is 0. The highest BCUT2D eigenvalue weighted by Crippen LogP contribution is 2.21. The maximum absolute atomic E-state index is 11.8. The Morgan fingerprint density at radius 2 is 1.94 bits per heavy atom. The largest absolute Gasteiger partial charge is 0.389 e. The van der Waals surface area contributed by atoms with Gasteiger partial charge in [0.15, 0.2) is 0 Å². The van der Waals surface area contributed by atoms with Gasteiger partial charge in [0, 0.05) is 13.0 Å². The van der Waals surface area contributed by atoms with E-state index in [2.05, 4.69) is 4.72 Å². The van der Waals surface area contributed by atoms with E-state index in [0.29, 0.717) is 13.0 Å². The van der Waals surface area contributed by atoms with Crippen molar-refractivity contribution in [2.45, 2.75) is 32.4 Å². The zero-order valence-electron chi connectivity index (χ0n) is 9.76. The molecule has 0 aliphatic heterocycles. The van der Waals surface area contributed by atoms with Gasteiger partial charge in [-0.3, -0.25) is 0 Å². The minimum Gasteiger partial charge on any atom is -0.330 e. The average Bonchev–Trinajstić information content (AvgIpc) is 2.13. The zero-order chi connectivity index (χ0) is 13.5. The second-order valence-corrected chi connectivity index (χ2v) is 6.00. The molecular weight excluding hydrogens is 257 g/mol. The molecule has 0 heterocycles. The van der Waals surface area contributed by atoms with Gasteiger partial charge in [0.1, 0.15) is 0 Å². The number of alkyl halides is 3. The first kappa shape index (κ1) is 16.7. The van der Waals surface area contributed by atoms with Crippen molar-refractivity contribution < 1.29 is 21.6 Å². The molecule has 0 bridgehead atoms. The lowest BCUT2D eigenvalue weighted by Crippen LogP contribution is -2.31. The van der Waals surface area contributed by atoms with Crippen LogP contribution in [-0.4, -0.2) is 33.4 Å². The van der Waals surface area contributed by atoms with E-state index in [0.717, 1.165) is 0 Å². The molecule has 0 fully saturated rings. The highest BCUT2D eigenvalue weighted by atomic mass is 32.2. The molecular formula is C9H19F3N2O2S. The van der Waals surface area contributed by atoms with Gasteiger partial charge >= 0.3 is 6.18 Å². The van der Waals surface area contributed by atoms with E-state index < -0.39 is 34.8 Å². The summed E-state index contributed by atoms with van der Waals surface area (Å²) < 4.78 is 60.4. The number of hydrogen-bond acceptors (Lipinski definition) is 3. The van der Waals surface area contributed by atoms with Crippen LogP contribution in [-0.2, 0) is 10.0 Å². The van der Waals surface area contributed by atoms with Crippen LogP contribution >= 0.6 is 0 Å². The van der Waals surface area contributed by atoms with Gasteiger partial charge in [0.05, 0.1) is 5.75 Å². The lowest BCUT2D eigenvalue weighted by molar-refractivity contribution is -0.134. The van der Waals surface area contributed by atoms with E-state index in [9.17, 15) is 21.6 Å². The summed E-state index contributed by atoms with van der Waals surface area (Å²) in [5.74, 6) is -0.417. The summed E-state index contributed by atoms with van der Waals surface area (Å²) in [7, 11) is -3.61. The maximum Gasteiger partial charge on any atom is 0.389 e. The molecule has 17 heavy (non-hydrogen) atoms. The number of rotatable bonds is 8. The first-order valence-electron chi connectivity index (χ1n) is 5.40. The van der Waals surface area contributed by atoms with Crippen LogP contribution in [0.2, 0.25) is 0 Å². The first-order valence-corrected chi connectivity index (χ1v) is 7.05. The smallest absolute Gasteiger partial charge is 0.330 e. The molecule has 0 saturated carbocycles. The summed E-state index contributed by atoms with van der Waals surface area (Å²) in [5, 5.41) is 0. The Kier molecular flexibility index (Phi) is 7.03. The highest BCUT2D eigenvalue weighted by molar-refractivity contribution is 7.89. The molecule has 0 aliphatic rings. The standard InChI is InChI=1S/C9H19F3N2O2S/c1-8(3-5-13)7-14-17(15,16)6-2-4-9(10,11)12/h8,14H,2-7,13H2,1H3. The number of hydrogen-bond donors (Lipinski definition) is 2. The molecule has 0 aromatic heterocycles. The molecule has 3 N–H and O–H groups in total. The molecule has 0 radical (unpaired) electrons. The fourth-order valence-corrected chi connectivity index (χ4v) is 2.40. The predicted octanol–water partition coefficient (Wildman–Crippen LogP) is 1.23. The summed E-state index contributed by atoms with van der Waals surface area (Å²) in [4.78, 5) is 0. The molecule has 0 aliphatic carbocycles. The van der Waals surface area contributed by atoms with Crippen molar-refractivity contribution in [3.63, 3.8) is 0 Å². The normalized spacial score (nSPS) is 14.9. The molecule has 1 unspecified atom stereocenters. The van der Waals surface area contributed by atoms with Crippen LogP contribution in [0.25, 0.3) is 0 Å². The molecule has 0 saturated heterocycles. The Bertz CT molecular complexity index is 304. The SMILES string of the molecule is CC(CCN)CNS(=O)(=O)CCCC(F)(F)F. The fraction of sp³-hybridized carbons (Fsp3) is 1.00. The van der Waals surface area contributed by atoms with Crippen molar-refractivity contribution in [2.24, 2.45) is 11.7 Å². The summed E-state index contributed by atoms with van der Waals surface area (Å²) in [6.07, 6.45) is -5.12. The van der Waals surface area contributed by atoms with Crippen LogP contribution < -0.4 is 10.5 Å². The summed E-state index contributed by atoms with van der Waals surface area (Å²) in [6.45, 7) is 2.49. The minimum atomic E-state index is -4.30. The number of halogens is 3. The molecule has 104 valence electrons. The molecule has 4 nitrogen and oxygen atoms in total. The van der Waals surface area contributed by atoms with E-state index in [4.69, 9.17) is 5.73 Å². The second kappa shape index (κ2) is 7.17. The lowest BCUT2D eigenvalue weighted by Gasteiger charge is -2.12. The number of sulfonamides is 1. The van der Waals surface area contributed by atoms with Gasteiger partial charge in [0.25, 0.3) is 0 Å². The Morgan fingerprint density at radius 1 is 1.35 bits per heavy atom. The van der Waals surface area contributed by atoms with Gasteiger partial charge in [0.2, 0.25) is 10.0 Å². The van der Waals surface area contributed by atoms with E-state index in [1.54, 1.807) is 0 Å². The Hall–Kier alpha value is -0.340. The fourth-order valence-electron chi connectivity index (χ4n) is 1.19. The summed E-state index contributed by atoms with van der Waals surface area (Å²) >= 11 is 0. The van der Waals surface area contributed by atoms with E-state index >= 15 is 0 Å². The predicted molar refractivity (Wildman–Crippen MR) is 59.9 cm³/mol. The number of nitrogens with one attached hydrogen (secondary N) is 1. The van der Waals surface area contributed by atoms with Crippen molar-refractivity contribution in [3.8, 4) is 0 Å². The Morgan fingerprint density at radius 3 is 2.41 bits per heavy atom. The molecule has 0 rings (SSSR count). The Balaban J connectivity index is 3.89. The molecule has 8 heteroatoms. The molecule has 0 spiro atoms. The average molecular weight is 276 g/mol. The van der Waals surface area contributed by atoms with Crippen molar-refractivity contribution in [3.05, 3.63) is 0 Å². The molecule has 0 amide bonds. The quantitative estimate of drug-likeness (QED) is 0.700. The third kappa shape index (κ3) is 10.5. The van der Waals surface area contributed by atoms with Crippen LogP contribution in [0.5, 0.6) is 0 Å². The third-order valence-electron chi connectivity index (χ3n) is 2.18. The third-order valence-corrected chi connectivity index (χ3v) is 3.62. The zero-order valence-corrected chi connectivity index (χ0v) is 10.6. The van der Waals surface area contributed by atoms with Crippen LogP contribution in [0.3, 0.4) is 0 Å². The van der Waals surface area contributed by atoms with E-state index in [-0.39, 0.29) is 12.5 Å². The monoisotopic (exact) mass is 276 g/mol. The van der Waals surface area contributed by atoms with Crippen LogP contribution in [0, 0.1) is 5.92 Å². The van der Waals surface area contributed by atoms with Crippen molar-refractivity contribution in [1.29, 1.82) is 0 Å². The maximum atomic E-state index is 11.8. The first-order chi connectivity index (χ1) is 7.66. The van der Waals surface area contributed by atoms with Gasteiger partial charge in [-0.2, -0.15) is 13.2 Å². The minimum absolute atomic E-state index is 0.0809. The molecule has 0 aromatic carbocycles. The van der Waals surface area contributed by atoms with Gasteiger partial charge in [-0.15, -0.1) is 0 Å². The highest BCUT2D eigenvalue weighted by Gasteiger charge is 2.27. The molecule has 0 aromatic rings. The van der Waals surface area contributed by atoms with Crippen molar-refractivity contribution >= 4 is 10.0 Å². The van der Waals surface area contributed by atoms with E-state index in [1.807, 2.05) is 6.92 Å². The topological polar surface area (TPSA) is 72.2 Å². The van der Waals surface area contributed by atoms with Crippen molar-refractivity contribution in [1.82, 2.24) is 4.72 Å². The Labute approximate surface area is 99.8 Å². The second-order valence-electron chi connectivity index (χ2n) is 4.07. The van der Waals surface area contributed by atoms with Gasteiger partial charge in [-0.05, 0) is 25.3 Å². The van der Waals surface area contributed by atoms with Gasteiger partial charge in [-0.1, -0.05) is 6.92 Å². The van der Waals surface area contributed by atoms with Crippen LogP contribution in [0.4, 0.5) is 13.2 Å². The van der Waals surface area contributed by atoms with Gasteiger partial charge in [-0.25, -0.2) is 13.1 Å². The number of nitrogens with two attached hydrogens (primary N) is 1. The lowest BCUT2D eigenvalue weighted by atomic mass is 10.1.